The topological polar surface area (TPSA) is 80.5 Å². The van der Waals surface area contributed by atoms with Gasteiger partial charge in [-0.25, -0.2) is 15.0 Å². The summed E-state index contributed by atoms with van der Waals surface area (Å²) in [5, 5.41) is 0.338. The quantitative estimate of drug-likeness (QED) is 0.0431. The molecule has 52 heavy (non-hydrogen) atoms. The minimum Gasteiger partial charge on any atom is -0.358 e. The van der Waals surface area contributed by atoms with Crippen LogP contribution in [0, 0.1) is 3.83 Å². The Morgan fingerprint density at radius 2 is 1.25 bits per heavy atom. The summed E-state index contributed by atoms with van der Waals surface area (Å²) in [5.41, 5.74) is 5.49. The molecule has 0 bridgehead atoms. The van der Waals surface area contributed by atoms with E-state index >= 15 is 0 Å². The van der Waals surface area contributed by atoms with Crippen LogP contribution in [-0.2, 0) is 24.5 Å². The number of nitrogens with zero attached hydrogens (tertiary/aromatic N) is 4. The molecular formula is C41H48ClIN4O4Si. The Morgan fingerprint density at radius 3 is 1.73 bits per heavy atom. The zero-order valence-corrected chi connectivity index (χ0v) is 35.0. The van der Waals surface area contributed by atoms with E-state index in [9.17, 15) is 0 Å². The first kappa shape index (κ1) is 37.6. The molecule has 2 aromatic heterocycles. The summed E-state index contributed by atoms with van der Waals surface area (Å²) < 4.78 is 30.8. The third-order valence-electron chi connectivity index (χ3n) is 11.1. The number of rotatable bonds is 11. The Kier molecular flexibility index (Phi) is 10.5. The molecule has 5 aromatic rings. The van der Waals surface area contributed by atoms with E-state index in [2.05, 4.69) is 146 Å². The number of fused-ring (bicyclic) bond motifs is 2. The second-order valence-corrected chi connectivity index (χ2v) is 22.5. The molecule has 0 unspecified atom stereocenters. The zero-order chi connectivity index (χ0) is 37.0. The minimum atomic E-state index is -2.41. The average molecular weight is 851 g/mol. The highest BCUT2D eigenvalue weighted by molar-refractivity contribution is 14.1. The summed E-state index contributed by atoms with van der Waals surface area (Å²) in [6.07, 6.45) is -1.95. The van der Waals surface area contributed by atoms with Crippen LogP contribution in [-0.4, -0.2) is 58.3 Å². The van der Waals surface area contributed by atoms with Gasteiger partial charge in [0, 0.05) is 22.6 Å². The van der Waals surface area contributed by atoms with E-state index in [1.54, 1.807) is 0 Å². The lowest BCUT2D eigenvalue weighted by Crippen LogP contribution is -2.60. The van der Waals surface area contributed by atoms with Crippen molar-refractivity contribution in [3.8, 4) is 0 Å². The van der Waals surface area contributed by atoms with Crippen LogP contribution in [0.3, 0.4) is 0 Å². The molecule has 0 spiro atoms. The number of hydrogen-bond acceptors (Lipinski definition) is 7. The Morgan fingerprint density at radius 1 is 0.769 bits per heavy atom. The highest BCUT2D eigenvalue weighted by Crippen LogP contribution is 2.48. The molecule has 8 nitrogen and oxygen atoms in total. The van der Waals surface area contributed by atoms with Gasteiger partial charge in [-0.3, -0.25) is 4.57 Å². The predicted molar refractivity (Wildman–Crippen MR) is 217 cm³/mol. The number of hydrogen-bond donors (Lipinski definition) is 0. The van der Waals surface area contributed by atoms with Crippen molar-refractivity contribution < 1.29 is 18.9 Å². The number of ether oxygens (including phenoxy) is 4. The Bertz CT molecular complexity index is 1890. The molecule has 0 N–H and O–H groups in total. The first-order valence-electron chi connectivity index (χ1n) is 18.2. The molecule has 0 aliphatic carbocycles. The maximum atomic E-state index is 7.33. The largest absolute Gasteiger partial charge is 0.358 e. The van der Waals surface area contributed by atoms with Crippen molar-refractivity contribution in [1.82, 2.24) is 19.5 Å². The first-order chi connectivity index (χ1) is 24.8. The summed E-state index contributed by atoms with van der Waals surface area (Å²) in [5.74, 6) is -0.842. The highest BCUT2D eigenvalue weighted by Gasteiger charge is 2.59. The number of imidazole rings is 1. The molecule has 2 aliphatic heterocycles. The van der Waals surface area contributed by atoms with E-state index in [0.29, 0.717) is 36.8 Å². The van der Waals surface area contributed by atoms with E-state index in [1.165, 1.54) is 0 Å². The molecule has 274 valence electrons. The smallest absolute Gasteiger partial charge is 0.194 e. The van der Waals surface area contributed by atoms with Crippen LogP contribution in [0.2, 0.25) is 21.8 Å². The van der Waals surface area contributed by atoms with Crippen molar-refractivity contribution in [2.24, 2.45) is 0 Å². The number of aromatic nitrogens is 4. The standard InChI is InChI=1S/C41H48ClIN4O4Si/c1-25(2)52(26(3)4,27(5)6)39-44-32-35(42)45-38(43)46-36(32)47(39)37-34-33(50-40(7,8)51-34)31(49-37)24-48-41(28-18-12-9-13-19-28,29-20-14-10-15-21-29)30-22-16-11-17-23-30/h9-23,25-27,31,33-34,37H,24H2,1-8H3/t31-,33-,34-,37-/m1/s1. The van der Waals surface area contributed by atoms with Gasteiger partial charge in [0.05, 0.1) is 12.1 Å². The normalized spacial score (nSPS) is 21.9. The van der Waals surface area contributed by atoms with Gasteiger partial charge in [0.2, 0.25) is 0 Å². The molecule has 3 aromatic carbocycles. The van der Waals surface area contributed by atoms with Crippen molar-refractivity contribution in [2.45, 2.75) is 108 Å². The fraction of sp³-hybridized carbons (Fsp3) is 0.439. The summed E-state index contributed by atoms with van der Waals surface area (Å²) in [7, 11) is -2.41. The van der Waals surface area contributed by atoms with Crippen LogP contribution in [0.5, 0.6) is 0 Å². The summed E-state index contributed by atoms with van der Waals surface area (Å²) >= 11 is 9.00. The van der Waals surface area contributed by atoms with Gasteiger partial charge in [0.1, 0.15) is 37.5 Å². The van der Waals surface area contributed by atoms with E-state index in [-0.39, 0.29) is 6.61 Å². The van der Waals surface area contributed by atoms with Gasteiger partial charge in [-0.05, 0) is 47.2 Å². The maximum absolute atomic E-state index is 7.33. The summed E-state index contributed by atoms with van der Waals surface area (Å²) in [6.45, 7) is 18.1. The van der Waals surface area contributed by atoms with Crippen molar-refractivity contribution in [3.63, 3.8) is 0 Å². The van der Waals surface area contributed by atoms with Crippen LogP contribution >= 0.6 is 34.2 Å². The van der Waals surface area contributed by atoms with Gasteiger partial charge in [0.25, 0.3) is 0 Å². The van der Waals surface area contributed by atoms with E-state index < -0.39 is 44.0 Å². The van der Waals surface area contributed by atoms with Crippen molar-refractivity contribution in [2.75, 3.05) is 6.61 Å². The Balaban J connectivity index is 1.38. The van der Waals surface area contributed by atoms with Crippen LogP contribution < -0.4 is 5.45 Å². The minimum absolute atomic E-state index is 0.228. The zero-order valence-electron chi connectivity index (χ0n) is 31.1. The molecule has 2 aliphatic rings. The second kappa shape index (κ2) is 14.5. The molecule has 4 heterocycles. The van der Waals surface area contributed by atoms with Gasteiger partial charge in [-0.2, -0.15) is 0 Å². The SMILES string of the molecule is CC(C)[Si](c1nc2c(Cl)nc(I)nc2n1[C@@H]1O[C@H](COC(c2ccccc2)(c2ccccc2)c2ccccc2)[C@H]2OC(C)(C)O[C@H]21)(C(C)C)C(C)C. The molecule has 0 radical (unpaired) electrons. The molecule has 11 heteroatoms. The highest BCUT2D eigenvalue weighted by atomic mass is 127. The average Bonchev–Trinajstić information content (AvgIpc) is 3.74. The lowest BCUT2D eigenvalue weighted by molar-refractivity contribution is -0.204. The molecule has 4 atom stereocenters. The van der Waals surface area contributed by atoms with E-state index in [0.717, 1.165) is 22.1 Å². The van der Waals surface area contributed by atoms with Crippen LogP contribution in [0.15, 0.2) is 91.0 Å². The van der Waals surface area contributed by atoms with Gasteiger partial charge in [-0.1, -0.05) is 144 Å². The second-order valence-electron chi connectivity index (χ2n) is 15.4. The number of benzene rings is 3. The molecule has 7 rings (SSSR count). The third kappa shape index (κ3) is 6.25. The predicted octanol–water partition coefficient (Wildman–Crippen LogP) is 9.40. The Labute approximate surface area is 326 Å². The van der Waals surface area contributed by atoms with Crippen LogP contribution in [0.1, 0.15) is 78.3 Å². The molecule has 0 amide bonds. The van der Waals surface area contributed by atoms with Crippen LogP contribution in [0.25, 0.3) is 11.2 Å². The van der Waals surface area contributed by atoms with E-state index in [1.807, 2.05) is 32.0 Å². The van der Waals surface area contributed by atoms with Crippen molar-refractivity contribution in [3.05, 3.63) is 117 Å². The van der Waals surface area contributed by atoms with Gasteiger partial charge in [-0.15, -0.1) is 0 Å². The third-order valence-corrected chi connectivity index (χ3v) is 18.7. The van der Waals surface area contributed by atoms with Crippen LogP contribution in [0.4, 0.5) is 0 Å². The summed E-state index contributed by atoms with van der Waals surface area (Å²) in [4.78, 5) is 14.9. The molecular weight excluding hydrogens is 803 g/mol. The van der Waals surface area contributed by atoms with Gasteiger partial charge < -0.3 is 18.9 Å². The number of halogens is 2. The fourth-order valence-corrected chi connectivity index (χ4v) is 16.5. The van der Waals surface area contributed by atoms with Crippen molar-refractivity contribution >= 4 is 58.9 Å². The van der Waals surface area contributed by atoms with Gasteiger partial charge in [0.15, 0.2) is 26.6 Å². The molecule has 2 saturated heterocycles. The fourth-order valence-electron chi connectivity index (χ4n) is 9.21. The van der Waals surface area contributed by atoms with Crippen molar-refractivity contribution in [1.29, 1.82) is 0 Å². The summed E-state index contributed by atoms with van der Waals surface area (Å²) in [6, 6.07) is 31.2. The van der Waals surface area contributed by atoms with E-state index in [4.69, 9.17) is 40.5 Å². The molecule has 0 saturated carbocycles. The lowest BCUT2D eigenvalue weighted by atomic mass is 9.80. The lowest BCUT2D eigenvalue weighted by Gasteiger charge is -2.43. The Hall–Kier alpha value is -2.71. The van der Waals surface area contributed by atoms with Gasteiger partial charge >= 0.3 is 0 Å². The maximum Gasteiger partial charge on any atom is 0.194 e. The monoisotopic (exact) mass is 850 g/mol. The first-order valence-corrected chi connectivity index (χ1v) is 21.9. The molecule has 2 fully saturated rings.